The number of nitrogens with one attached hydrogen (secondary N) is 1. The molecule has 3 aromatic carbocycles. The number of fused-ring (bicyclic) bond motifs is 1. The van der Waals surface area contributed by atoms with E-state index in [1.54, 1.807) is 0 Å². The molecule has 37 heavy (non-hydrogen) atoms. The van der Waals surface area contributed by atoms with E-state index in [1.165, 1.54) is 12.5 Å². The minimum Gasteiger partial charge on any atom is -0.490 e. The van der Waals surface area contributed by atoms with Gasteiger partial charge in [0.25, 0.3) is 0 Å². The van der Waals surface area contributed by atoms with Crippen LogP contribution in [-0.2, 0) is 9.53 Å². The molecule has 1 heterocycles. The van der Waals surface area contributed by atoms with Crippen LogP contribution in [-0.4, -0.2) is 38.6 Å². The lowest BCUT2D eigenvalue weighted by atomic mass is 9.88. The second-order valence-electron chi connectivity index (χ2n) is 8.91. The summed E-state index contributed by atoms with van der Waals surface area (Å²) < 4.78 is 22.6. The van der Waals surface area contributed by atoms with E-state index in [0.29, 0.717) is 6.54 Å². The first-order valence-corrected chi connectivity index (χ1v) is 12.9. The highest BCUT2D eigenvalue weighted by Gasteiger charge is 2.18. The smallest absolute Gasteiger partial charge is 0.303 e. The van der Waals surface area contributed by atoms with Gasteiger partial charge in [-0.1, -0.05) is 62.4 Å². The summed E-state index contributed by atoms with van der Waals surface area (Å²) in [5.74, 6) is 1.97. The standard InChI is InChI=1S/C31H35NO5/c1-4-17-32-19-27(37-22(3)33)20-34-26-14-11-24(12-15-26)31(23-9-7-6-8-10-23)28(5-2)25-13-16-29-30(18-25)36-21-35-29/h6-16,18,27,32H,4-5,17,19-21H2,1-3H3/b31-28-. The van der Waals surface area contributed by atoms with Gasteiger partial charge in [0.15, 0.2) is 11.5 Å². The Morgan fingerprint density at radius 3 is 2.32 bits per heavy atom. The van der Waals surface area contributed by atoms with E-state index in [-0.39, 0.29) is 25.5 Å². The van der Waals surface area contributed by atoms with Crippen LogP contribution in [0.2, 0.25) is 0 Å². The highest BCUT2D eigenvalue weighted by molar-refractivity contribution is 5.98. The number of ether oxygens (including phenoxy) is 4. The fraction of sp³-hybridized carbons (Fsp3) is 0.323. The van der Waals surface area contributed by atoms with Crippen molar-refractivity contribution in [1.29, 1.82) is 0 Å². The Morgan fingerprint density at radius 2 is 1.62 bits per heavy atom. The maximum atomic E-state index is 11.5. The third-order valence-corrected chi connectivity index (χ3v) is 6.15. The van der Waals surface area contributed by atoms with Crippen molar-refractivity contribution < 1.29 is 23.7 Å². The molecule has 0 bridgehead atoms. The molecule has 1 N–H and O–H groups in total. The average Bonchev–Trinajstić information content (AvgIpc) is 3.39. The molecule has 0 aliphatic carbocycles. The Balaban J connectivity index is 1.60. The monoisotopic (exact) mass is 501 g/mol. The molecule has 0 spiro atoms. The van der Waals surface area contributed by atoms with Crippen LogP contribution >= 0.6 is 0 Å². The highest BCUT2D eigenvalue weighted by atomic mass is 16.7. The molecule has 1 aliphatic heterocycles. The minimum absolute atomic E-state index is 0.254. The zero-order chi connectivity index (χ0) is 26.0. The molecule has 0 radical (unpaired) electrons. The quantitative estimate of drug-likeness (QED) is 0.184. The Bertz CT molecular complexity index is 1200. The third kappa shape index (κ3) is 6.92. The van der Waals surface area contributed by atoms with E-state index in [4.69, 9.17) is 18.9 Å². The van der Waals surface area contributed by atoms with Gasteiger partial charge in [0.1, 0.15) is 18.5 Å². The van der Waals surface area contributed by atoms with Gasteiger partial charge in [0.05, 0.1) is 0 Å². The van der Waals surface area contributed by atoms with E-state index in [0.717, 1.165) is 58.9 Å². The Morgan fingerprint density at radius 1 is 0.919 bits per heavy atom. The van der Waals surface area contributed by atoms with E-state index in [9.17, 15) is 4.79 Å². The Kier molecular flexibility index (Phi) is 9.22. The molecule has 6 nitrogen and oxygen atoms in total. The number of rotatable bonds is 12. The summed E-state index contributed by atoms with van der Waals surface area (Å²) in [5, 5.41) is 3.29. The van der Waals surface area contributed by atoms with Crippen LogP contribution in [0.5, 0.6) is 17.2 Å². The average molecular weight is 502 g/mol. The summed E-state index contributed by atoms with van der Waals surface area (Å²) in [6.07, 6.45) is 1.51. The maximum Gasteiger partial charge on any atom is 0.303 e. The van der Waals surface area contributed by atoms with Crippen molar-refractivity contribution in [2.45, 2.75) is 39.7 Å². The lowest BCUT2D eigenvalue weighted by Gasteiger charge is -2.19. The van der Waals surface area contributed by atoms with Gasteiger partial charge in [-0.3, -0.25) is 4.79 Å². The molecule has 1 unspecified atom stereocenters. The fourth-order valence-corrected chi connectivity index (χ4v) is 4.45. The van der Waals surface area contributed by atoms with Crippen LogP contribution in [0.15, 0.2) is 72.8 Å². The molecule has 4 rings (SSSR count). The summed E-state index contributed by atoms with van der Waals surface area (Å²) in [6, 6.07) is 24.6. The van der Waals surface area contributed by atoms with Gasteiger partial charge >= 0.3 is 5.97 Å². The number of carbonyl (C=O) groups excluding carboxylic acids is 1. The van der Waals surface area contributed by atoms with Crippen molar-refractivity contribution in [1.82, 2.24) is 5.32 Å². The van der Waals surface area contributed by atoms with Crippen LogP contribution in [0.3, 0.4) is 0 Å². The lowest BCUT2D eigenvalue weighted by molar-refractivity contribution is -0.147. The Hall–Kier alpha value is -3.77. The van der Waals surface area contributed by atoms with Gasteiger partial charge in [-0.15, -0.1) is 0 Å². The summed E-state index contributed by atoms with van der Waals surface area (Å²) in [5.41, 5.74) is 5.72. The first kappa shape index (κ1) is 26.3. The highest BCUT2D eigenvalue weighted by Crippen LogP contribution is 2.39. The first-order chi connectivity index (χ1) is 18.1. The molecule has 0 saturated carbocycles. The number of hydrogen-bond acceptors (Lipinski definition) is 6. The summed E-state index contributed by atoms with van der Waals surface area (Å²) >= 11 is 0. The number of esters is 1. The van der Waals surface area contributed by atoms with E-state index < -0.39 is 0 Å². The molecule has 3 aromatic rings. The molecular weight excluding hydrogens is 466 g/mol. The van der Waals surface area contributed by atoms with Gasteiger partial charge in [0, 0.05) is 13.5 Å². The van der Waals surface area contributed by atoms with Crippen molar-refractivity contribution in [3.8, 4) is 17.2 Å². The summed E-state index contributed by atoms with van der Waals surface area (Å²) in [6.45, 7) is 7.65. The van der Waals surface area contributed by atoms with Crippen LogP contribution in [0.1, 0.15) is 50.3 Å². The molecule has 0 amide bonds. The summed E-state index contributed by atoms with van der Waals surface area (Å²) in [7, 11) is 0. The maximum absolute atomic E-state index is 11.5. The van der Waals surface area contributed by atoms with Crippen LogP contribution < -0.4 is 19.5 Å². The second kappa shape index (κ2) is 13.0. The molecular formula is C31H35NO5. The summed E-state index contributed by atoms with van der Waals surface area (Å²) in [4.78, 5) is 11.5. The van der Waals surface area contributed by atoms with Crippen LogP contribution in [0, 0.1) is 0 Å². The molecule has 0 saturated heterocycles. The molecule has 194 valence electrons. The molecule has 1 atom stereocenters. The van der Waals surface area contributed by atoms with Gasteiger partial charge in [-0.2, -0.15) is 0 Å². The largest absolute Gasteiger partial charge is 0.490 e. The van der Waals surface area contributed by atoms with Crippen molar-refractivity contribution >= 4 is 17.1 Å². The van der Waals surface area contributed by atoms with Gasteiger partial charge < -0.3 is 24.3 Å². The molecule has 0 fully saturated rings. The van der Waals surface area contributed by atoms with Crippen molar-refractivity contribution in [2.75, 3.05) is 26.5 Å². The lowest BCUT2D eigenvalue weighted by Crippen LogP contribution is -2.35. The van der Waals surface area contributed by atoms with Crippen LogP contribution in [0.25, 0.3) is 11.1 Å². The first-order valence-electron chi connectivity index (χ1n) is 12.9. The van der Waals surface area contributed by atoms with E-state index in [1.807, 2.05) is 24.3 Å². The molecule has 0 aromatic heterocycles. The fourth-order valence-electron chi connectivity index (χ4n) is 4.45. The predicted molar refractivity (Wildman–Crippen MR) is 146 cm³/mol. The SMILES string of the molecule is CCCNCC(COc1ccc(/C(=C(/CC)c2ccc3c(c2)OCO3)c2ccccc2)cc1)OC(C)=O. The van der Waals surface area contributed by atoms with Crippen molar-refractivity contribution in [3.63, 3.8) is 0 Å². The topological polar surface area (TPSA) is 66.0 Å². The number of hydrogen-bond donors (Lipinski definition) is 1. The minimum atomic E-state index is -0.346. The normalized spacial score (nSPS) is 13.6. The number of benzene rings is 3. The van der Waals surface area contributed by atoms with Gasteiger partial charge in [-0.05, 0) is 71.5 Å². The van der Waals surface area contributed by atoms with E-state index >= 15 is 0 Å². The van der Waals surface area contributed by atoms with Gasteiger partial charge in [0.2, 0.25) is 6.79 Å². The number of carbonyl (C=O) groups is 1. The Labute approximate surface area is 219 Å². The van der Waals surface area contributed by atoms with Crippen molar-refractivity contribution in [3.05, 3.63) is 89.5 Å². The third-order valence-electron chi connectivity index (χ3n) is 6.15. The van der Waals surface area contributed by atoms with Crippen molar-refractivity contribution in [2.24, 2.45) is 0 Å². The zero-order valence-electron chi connectivity index (χ0n) is 21.8. The predicted octanol–water partition coefficient (Wildman–Crippen LogP) is 6.09. The van der Waals surface area contributed by atoms with Gasteiger partial charge in [-0.25, -0.2) is 0 Å². The number of allylic oxidation sites excluding steroid dienone is 1. The molecule has 6 heteroatoms. The molecule has 1 aliphatic rings. The zero-order valence-corrected chi connectivity index (χ0v) is 21.8. The van der Waals surface area contributed by atoms with E-state index in [2.05, 4.69) is 67.7 Å². The van der Waals surface area contributed by atoms with Crippen LogP contribution in [0.4, 0.5) is 0 Å². The second-order valence-corrected chi connectivity index (χ2v) is 8.91.